The van der Waals surface area contributed by atoms with E-state index in [1.807, 2.05) is 24.3 Å². The van der Waals surface area contributed by atoms with Crippen molar-refractivity contribution in [2.24, 2.45) is 0 Å². The Morgan fingerprint density at radius 3 is 2.22 bits per heavy atom. The highest BCUT2D eigenvalue weighted by atomic mass is 16.5. The van der Waals surface area contributed by atoms with Gasteiger partial charge in [0, 0.05) is 12.1 Å². The van der Waals surface area contributed by atoms with Gasteiger partial charge < -0.3 is 15.2 Å². The van der Waals surface area contributed by atoms with Gasteiger partial charge in [-0.3, -0.25) is 0 Å². The molecule has 3 heteroatoms. The molecule has 3 nitrogen and oxygen atoms in total. The third-order valence-corrected chi connectivity index (χ3v) is 3.78. The van der Waals surface area contributed by atoms with Crippen molar-refractivity contribution in [2.75, 3.05) is 13.7 Å². The first-order valence-corrected chi connectivity index (χ1v) is 6.61. The van der Waals surface area contributed by atoms with Crippen LogP contribution in [0.4, 0.5) is 0 Å². The number of hydrogen-bond donors (Lipinski definition) is 2. The number of aliphatic hydroxyl groups is 1. The van der Waals surface area contributed by atoms with Crippen LogP contribution in [0.5, 0.6) is 5.75 Å². The molecule has 1 atom stereocenters. The minimum absolute atomic E-state index is 0.105. The van der Waals surface area contributed by atoms with Gasteiger partial charge in [-0.25, -0.2) is 0 Å². The summed E-state index contributed by atoms with van der Waals surface area (Å²) in [5.74, 6) is 0.811. The Morgan fingerprint density at radius 2 is 1.78 bits per heavy atom. The Morgan fingerprint density at radius 1 is 1.22 bits per heavy atom. The molecule has 0 amide bonds. The first-order valence-electron chi connectivity index (χ1n) is 6.61. The lowest BCUT2D eigenvalue weighted by Gasteiger charge is -2.29. The highest BCUT2D eigenvalue weighted by Gasteiger charge is 2.20. The maximum atomic E-state index is 10.1. The molecule has 0 bridgehead atoms. The number of ether oxygens (including phenoxy) is 1. The smallest absolute Gasteiger partial charge is 0.118 e. The van der Waals surface area contributed by atoms with Crippen LogP contribution >= 0.6 is 0 Å². The molecule has 0 saturated carbocycles. The SMILES string of the molecule is CCC(C)(CC)NCC(O)c1ccc(OC)cc1. The summed E-state index contributed by atoms with van der Waals surface area (Å²) in [4.78, 5) is 0. The van der Waals surface area contributed by atoms with Crippen LogP contribution in [0.15, 0.2) is 24.3 Å². The molecule has 1 aromatic rings. The molecule has 0 spiro atoms. The summed E-state index contributed by atoms with van der Waals surface area (Å²) < 4.78 is 5.10. The molecule has 102 valence electrons. The molecule has 0 radical (unpaired) electrons. The van der Waals surface area contributed by atoms with Gasteiger partial charge in [-0.2, -0.15) is 0 Å². The molecule has 1 aromatic carbocycles. The predicted octanol–water partition coefficient (Wildman–Crippen LogP) is 2.90. The number of methoxy groups -OCH3 is 1. The average molecular weight is 251 g/mol. The highest BCUT2D eigenvalue weighted by molar-refractivity contribution is 5.28. The monoisotopic (exact) mass is 251 g/mol. The summed E-state index contributed by atoms with van der Waals surface area (Å²) in [5, 5.41) is 13.6. The van der Waals surface area contributed by atoms with Crippen molar-refractivity contribution in [3.05, 3.63) is 29.8 Å². The van der Waals surface area contributed by atoms with E-state index in [0.717, 1.165) is 24.2 Å². The molecule has 0 aromatic heterocycles. The minimum Gasteiger partial charge on any atom is -0.497 e. The van der Waals surface area contributed by atoms with Crippen LogP contribution in [0, 0.1) is 0 Å². The number of benzene rings is 1. The second kappa shape index (κ2) is 6.76. The van der Waals surface area contributed by atoms with Gasteiger partial charge in [0.15, 0.2) is 0 Å². The molecular formula is C15H25NO2. The van der Waals surface area contributed by atoms with Gasteiger partial charge >= 0.3 is 0 Å². The zero-order valence-electron chi connectivity index (χ0n) is 11.9. The van der Waals surface area contributed by atoms with Crippen molar-refractivity contribution < 1.29 is 9.84 Å². The van der Waals surface area contributed by atoms with Crippen molar-refractivity contribution in [3.63, 3.8) is 0 Å². The van der Waals surface area contributed by atoms with E-state index in [1.54, 1.807) is 7.11 Å². The van der Waals surface area contributed by atoms with Crippen molar-refractivity contribution in [1.29, 1.82) is 0 Å². The maximum absolute atomic E-state index is 10.1. The summed E-state index contributed by atoms with van der Waals surface area (Å²) in [7, 11) is 1.64. The molecular weight excluding hydrogens is 226 g/mol. The molecule has 0 aliphatic heterocycles. The molecule has 0 aliphatic rings. The van der Waals surface area contributed by atoms with Crippen molar-refractivity contribution in [3.8, 4) is 5.75 Å². The van der Waals surface area contributed by atoms with Gasteiger partial charge in [0.05, 0.1) is 13.2 Å². The van der Waals surface area contributed by atoms with Crippen LogP contribution in [-0.4, -0.2) is 24.3 Å². The van der Waals surface area contributed by atoms with Crippen molar-refractivity contribution in [1.82, 2.24) is 5.32 Å². The van der Waals surface area contributed by atoms with E-state index in [9.17, 15) is 5.11 Å². The molecule has 1 unspecified atom stereocenters. The lowest BCUT2D eigenvalue weighted by atomic mass is 9.95. The number of aliphatic hydroxyl groups excluding tert-OH is 1. The van der Waals surface area contributed by atoms with Gasteiger partial charge in [0.2, 0.25) is 0 Å². The average Bonchev–Trinajstić information content (AvgIpc) is 2.44. The number of β-amino-alcohol motifs (C(OH)–C–C–N with tert-alkyl or cyclic N) is 1. The van der Waals surface area contributed by atoms with Crippen LogP contribution in [0.2, 0.25) is 0 Å². The van der Waals surface area contributed by atoms with Crippen molar-refractivity contribution in [2.45, 2.75) is 45.3 Å². The summed E-state index contributed by atoms with van der Waals surface area (Å²) in [5.41, 5.74) is 1.02. The Bertz CT molecular complexity index is 344. The Labute approximate surface area is 110 Å². The third kappa shape index (κ3) is 4.00. The van der Waals surface area contributed by atoms with Crippen LogP contribution < -0.4 is 10.1 Å². The van der Waals surface area contributed by atoms with E-state index < -0.39 is 6.10 Å². The van der Waals surface area contributed by atoms with Gasteiger partial charge in [-0.15, -0.1) is 0 Å². The van der Waals surface area contributed by atoms with Crippen LogP contribution in [0.25, 0.3) is 0 Å². The molecule has 0 fully saturated rings. The number of hydrogen-bond acceptors (Lipinski definition) is 3. The normalized spacial score (nSPS) is 13.4. The highest BCUT2D eigenvalue weighted by Crippen LogP contribution is 2.19. The Kier molecular flexibility index (Phi) is 5.63. The topological polar surface area (TPSA) is 41.5 Å². The zero-order chi connectivity index (χ0) is 13.6. The summed E-state index contributed by atoms with van der Waals surface area (Å²) in [6, 6.07) is 7.55. The van der Waals surface area contributed by atoms with E-state index >= 15 is 0 Å². The summed E-state index contributed by atoms with van der Waals surface area (Å²) in [6.07, 6.45) is 1.63. The lowest BCUT2D eigenvalue weighted by molar-refractivity contribution is 0.156. The molecule has 0 heterocycles. The van der Waals surface area contributed by atoms with Crippen LogP contribution in [0.3, 0.4) is 0 Å². The van der Waals surface area contributed by atoms with Crippen LogP contribution in [0.1, 0.15) is 45.3 Å². The lowest BCUT2D eigenvalue weighted by Crippen LogP contribution is -2.43. The number of rotatable bonds is 7. The molecule has 2 N–H and O–H groups in total. The number of nitrogens with one attached hydrogen (secondary N) is 1. The van der Waals surface area contributed by atoms with Crippen LogP contribution in [-0.2, 0) is 0 Å². The largest absolute Gasteiger partial charge is 0.497 e. The van der Waals surface area contributed by atoms with Gasteiger partial charge in [0.25, 0.3) is 0 Å². The third-order valence-electron chi connectivity index (χ3n) is 3.78. The first kappa shape index (κ1) is 15.0. The zero-order valence-corrected chi connectivity index (χ0v) is 11.9. The van der Waals surface area contributed by atoms with E-state index in [1.165, 1.54) is 0 Å². The second-order valence-electron chi connectivity index (χ2n) is 4.94. The maximum Gasteiger partial charge on any atom is 0.118 e. The van der Waals surface area contributed by atoms with E-state index in [0.29, 0.717) is 6.54 Å². The van der Waals surface area contributed by atoms with Crippen molar-refractivity contribution >= 4 is 0 Å². The van der Waals surface area contributed by atoms with E-state index in [-0.39, 0.29) is 5.54 Å². The van der Waals surface area contributed by atoms with Gasteiger partial charge in [-0.1, -0.05) is 26.0 Å². The predicted molar refractivity (Wildman–Crippen MR) is 74.9 cm³/mol. The summed E-state index contributed by atoms with van der Waals surface area (Å²) in [6.45, 7) is 7.09. The summed E-state index contributed by atoms with van der Waals surface area (Å²) >= 11 is 0. The molecule has 0 saturated heterocycles. The Hall–Kier alpha value is -1.06. The fourth-order valence-electron chi connectivity index (χ4n) is 1.79. The van der Waals surface area contributed by atoms with E-state index in [4.69, 9.17) is 4.74 Å². The molecule has 18 heavy (non-hydrogen) atoms. The van der Waals surface area contributed by atoms with E-state index in [2.05, 4.69) is 26.1 Å². The second-order valence-corrected chi connectivity index (χ2v) is 4.94. The van der Waals surface area contributed by atoms with Gasteiger partial charge in [-0.05, 0) is 37.5 Å². The first-order chi connectivity index (χ1) is 8.54. The quantitative estimate of drug-likeness (QED) is 0.783. The fraction of sp³-hybridized carbons (Fsp3) is 0.600. The molecule has 1 rings (SSSR count). The molecule has 0 aliphatic carbocycles. The fourth-order valence-corrected chi connectivity index (χ4v) is 1.79. The minimum atomic E-state index is -0.478. The van der Waals surface area contributed by atoms with Gasteiger partial charge in [0.1, 0.15) is 5.75 Å². The Balaban J connectivity index is 2.56. The standard InChI is InChI=1S/C15H25NO2/c1-5-15(3,6-2)16-11-14(17)12-7-9-13(18-4)10-8-12/h7-10,14,16-17H,5-6,11H2,1-4H3.